The third-order valence-electron chi connectivity index (χ3n) is 3.16. The molecular weight excluding hydrogens is 290 g/mol. The second-order valence-corrected chi connectivity index (χ2v) is 5.64. The zero-order chi connectivity index (χ0) is 14.8. The highest BCUT2D eigenvalue weighted by Crippen LogP contribution is 2.38. The quantitative estimate of drug-likeness (QED) is 0.915. The molecule has 0 saturated carbocycles. The molecule has 5 nitrogen and oxygen atoms in total. The zero-order valence-electron chi connectivity index (χ0n) is 11.5. The number of amides is 1. The summed E-state index contributed by atoms with van der Waals surface area (Å²) < 4.78 is 11.0. The van der Waals surface area contributed by atoms with Crippen LogP contribution in [0.5, 0.6) is 11.5 Å². The van der Waals surface area contributed by atoms with E-state index in [9.17, 15) is 9.90 Å². The Balaban J connectivity index is 1.94. The van der Waals surface area contributed by atoms with Crippen molar-refractivity contribution in [1.29, 1.82) is 0 Å². The van der Waals surface area contributed by atoms with Gasteiger partial charge in [-0.25, -0.2) is 0 Å². The molecule has 1 atom stereocenters. The van der Waals surface area contributed by atoms with Crippen molar-refractivity contribution in [2.24, 2.45) is 0 Å². The highest BCUT2D eigenvalue weighted by molar-refractivity contribution is 7.12. The SMILES string of the molecule is CC(O)c1cc2c(cc1NC(=O)c1cccs1)OCCO2. The minimum atomic E-state index is -0.723. The number of benzene rings is 1. The summed E-state index contributed by atoms with van der Waals surface area (Å²) in [6, 6.07) is 6.98. The van der Waals surface area contributed by atoms with Gasteiger partial charge >= 0.3 is 0 Å². The number of carbonyl (C=O) groups is 1. The molecule has 1 aromatic carbocycles. The summed E-state index contributed by atoms with van der Waals surface area (Å²) in [5.41, 5.74) is 1.14. The first-order valence-corrected chi connectivity index (χ1v) is 7.49. The fourth-order valence-corrected chi connectivity index (χ4v) is 2.77. The molecule has 2 N–H and O–H groups in total. The molecule has 2 heterocycles. The predicted molar refractivity (Wildman–Crippen MR) is 80.3 cm³/mol. The number of aliphatic hydroxyl groups is 1. The molecule has 0 saturated heterocycles. The average Bonchev–Trinajstić information content (AvgIpc) is 3.00. The van der Waals surface area contributed by atoms with E-state index in [0.29, 0.717) is 40.8 Å². The van der Waals surface area contributed by atoms with Crippen molar-refractivity contribution < 1.29 is 19.4 Å². The minimum Gasteiger partial charge on any atom is -0.486 e. The van der Waals surface area contributed by atoms with Crippen LogP contribution in [0.25, 0.3) is 0 Å². The van der Waals surface area contributed by atoms with Crippen molar-refractivity contribution in [2.45, 2.75) is 13.0 Å². The predicted octanol–water partition coefficient (Wildman–Crippen LogP) is 2.82. The van der Waals surface area contributed by atoms with Crippen LogP contribution in [0.1, 0.15) is 28.3 Å². The van der Waals surface area contributed by atoms with Crippen LogP contribution < -0.4 is 14.8 Å². The fourth-order valence-electron chi connectivity index (χ4n) is 2.15. The number of thiophene rings is 1. The van der Waals surface area contributed by atoms with E-state index in [1.807, 2.05) is 11.4 Å². The van der Waals surface area contributed by atoms with Gasteiger partial charge in [0.25, 0.3) is 5.91 Å². The van der Waals surface area contributed by atoms with Gasteiger partial charge in [-0.05, 0) is 24.4 Å². The van der Waals surface area contributed by atoms with Crippen LogP contribution >= 0.6 is 11.3 Å². The van der Waals surface area contributed by atoms with Gasteiger partial charge in [0.1, 0.15) is 13.2 Å². The van der Waals surface area contributed by atoms with E-state index >= 15 is 0 Å². The molecule has 3 rings (SSSR count). The maximum Gasteiger partial charge on any atom is 0.265 e. The van der Waals surface area contributed by atoms with E-state index in [1.54, 1.807) is 25.1 Å². The molecule has 1 aliphatic rings. The highest BCUT2D eigenvalue weighted by atomic mass is 32.1. The number of hydrogen-bond donors (Lipinski definition) is 2. The minimum absolute atomic E-state index is 0.205. The Morgan fingerprint density at radius 3 is 2.67 bits per heavy atom. The third kappa shape index (κ3) is 2.86. The first kappa shape index (κ1) is 13.9. The van der Waals surface area contributed by atoms with E-state index < -0.39 is 6.10 Å². The lowest BCUT2D eigenvalue weighted by molar-refractivity contribution is 0.103. The van der Waals surface area contributed by atoms with Crippen molar-refractivity contribution in [3.63, 3.8) is 0 Å². The van der Waals surface area contributed by atoms with Crippen molar-refractivity contribution >= 4 is 22.9 Å². The van der Waals surface area contributed by atoms with E-state index in [-0.39, 0.29) is 5.91 Å². The largest absolute Gasteiger partial charge is 0.486 e. The Kier molecular flexibility index (Phi) is 3.81. The summed E-state index contributed by atoms with van der Waals surface area (Å²) in [5.74, 6) is 0.960. The molecule has 110 valence electrons. The van der Waals surface area contributed by atoms with Gasteiger partial charge in [0, 0.05) is 11.6 Å². The van der Waals surface area contributed by atoms with Gasteiger partial charge in [-0.15, -0.1) is 11.3 Å². The molecule has 1 amide bonds. The summed E-state index contributed by atoms with van der Waals surface area (Å²) in [6.45, 7) is 2.60. The Morgan fingerprint density at radius 2 is 2.05 bits per heavy atom. The van der Waals surface area contributed by atoms with Crippen LogP contribution in [0.3, 0.4) is 0 Å². The Morgan fingerprint density at radius 1 is 1.33 bits per heavy atom. The lowest BCUT2D eigenvalue weighted by Crippen LogP contribution is -2.18. The van der Waals surface area contributed by atoms with Gasteiger partial charge < -0.3 is 19.9 Å². The summed E-state index contributed by atoms with van der Waals surface area (Å²) in [6.07, 6.45) is -0.723. The monoisotopic (exact) mass is 305 g/mol. The molecule has 21 heavy (non-hydrogen) atoms. The molecule has 0 spiro atoms. The van der Waals surface area contributed by atoms with E-state index in [2.05, 4.69) is 5.32 Å². The lowest BCUT2D eigenvalue weighted by atomic mass is 10.1. The van der Waals surface area contributed by atoms with Crippen LogP contribution in [0.2, 0.25) is 0 Å². The smallest absolute Gasteiger partial charge is 0.265 e. The molecular formula is C15H15NO4S. The Labute approximate surface area is 126 Å². The summed E-state index contributed by atoms with van der Waals surface area (Å²) in [4.78, 5) is 12.8. The molecule has 0 aliphatic carbocycles. The van der Waals surface area contributed by atoms with Gasteiger partial charge in [-0.3, -0.25) is 4.79 Å². The molecule has 1 aromatic heterocycles. The topological polar surface area (TPSA) is 67.8 Å². The van der Waals surface area contributed by atoms with Crippen molar-refractivity contribution in [3.05, 3.63) is 40.1 Å². The molecule has 0 fully saturated rings. The van der Waals surface area contributed by atoms with Gasteiger partial charge in [-0.1, -0.05) is 6.07 Å². The lowest BCUT2D eigenvalue weighted by Gasteiger charge is -2.22. The number of anilines is 1. The molecule has 6 heteroatoms. The maximum atomic E-state index is 12.2. The van der Waals surface area contributed by atoms with Crippen molar-refractivity contribution in [2.75, 3.05) is 18.5 Å². The van der Waals surface area contributed by atoms with E-state index in [0.717, 1.165) is 0 Å². The van der Waals surface area contributed by atoms with Gasteiger partial charge in [-0.2, -0.15) is 0 Å². The number of aliphatic hydroxyl groups excluding tert-OH is 1. The Bertz CT molecular complexity index is 652. The van der Waals surface area contributed by atoms with E-state index in [1.165, 1.54) is 11.3 Å². The normalized spacial score (nSPS) is 14.6. The highest BCUT2D eigenvalue weighted by Gasteiger charge is 2.20. The summed E-state index contributed by atoms with van der Waals surface area (Å²) in [5, 5.41) is 14.6. The number of carbonyl (C=O) groups excluding carboxylic acids is 1. The molecule has 2 aromatic rings. The second kappa shape index (κ2) is 5.75. The average molecular weight is 305 g/mol. The van der Waals surface area contributed by atoms with E-state index in [4.69, 9.17) is 9.47 Å². The molecule has 0 radical (unpaired) electrons. The summed E-state index contributed by atoms with van der Waals surface area (Å²) >= 11 is 1.36. The van der Waals surface area contributed by atoms with Crippen LogP contribution in [0.4, 0.5) is 5.69 Å². The third-order valence-corrected chi connectivity index (χ3v) is 4.03. The van der Waals surface area contributed by atoms with Gasteiger partial charge in [0.05, 0.1) is 16.7 Å². The molecule has 0 bridgehead atoms. The number of fused-ring (bicyclic) bond motifs is 1. The second-order valence-electron chi connectivity index (χ2n) is 4.69. The standard InChI is InChI=1S/C15H15NO4S/c1-9(17)10-7-12-13(20-5-4-19-12)8-11(10)16-15(18)14-3-2-6-21-14/h2-3,6-9,17H,4-5H2,1H3,(H,16,18). The van der Waals surface area contributed by atoms with Crippen LogP contribution in [0, 0.1) is 0 Å². The zero-order valence-corrected chi connectivity index (χ0v) is 12.3. The Hall–Kier alpha value is -2.05. The first-order valence-electron chi connectivity index (χ1n) is 6.61. The summed E-state index contributed by atoms with van der Waals surface area (Å²) in [7, 11) is 0. The van der Waals surface area contributed by atoms with Crippen LogP contribution in [0.15, 0.2) is 29.6 Å². The molecule has 1 unspecified atom stereocenters. The number of rotatable bonds is 3. The van der Waals surface area contributed by atoms with Crippen LogP contribution in [-0.2, 0) is 0 Å². The fraction of sp³-hybridized carbons (Fsp3) is 0.267. The molecule has 1 aliphatic heterocycles. The van der Waals surface area contributed by atoms with Gasteiger partial charge in [0.2, 0.25) is 0 Å². The van der Waals surface area contributed by atoms with Crippen molar-refractivity contribution in [1.82, 2.24) is 0 Å². The van der Waals surface area contributed by atoms with Crippen molar-refractivity contribution in [3.8, 4) is 11.5 Å². The van der Waals surface area contributed by atoms with Crippen LogP contribution in [-0.4, -0.2) is 24.2 Å². The number of hydrogen-bond acceptors (Lipinski definition) is 5. The number of nitrogens with one attached hydrogen (secondary N) is 1. The first-order chi connectivity index (χ1) is 10.1. The maximum absolute atomic E-state index is 12.2. The van der Waals surface area contributed by atoms with Gasteiger partial charge in [0.15, 0.2) is 11.5 Å². The number of ether oxygens (including phenoxy) is 2.